The van der Waals surface area contributed by atoms with E-state index in [9.17, 15) is 9.59 Å². The summed E-state index contributed by atoms with van der Waals surface area (Å²) in [5.41, 5.74) is 6.34. The molecule has 1 aliphatic heterocycles. The van der Waals surface area contributed by atoms with Crippen LogP contribution in [-0.4, -0.2) is 36.3 Å². The van der Waals surface area contributed by atoms with E-state index in [0.29, 0.717) is 23.1 Å². The summed E-state index contributed by atoms with van der Waals surface area (Å²) in [6.45, 7) is 6.14. The van der Waals surface area contributed by atoms with Gasteiger partial charge in [-0.2, -0.15) is 0 Å². The molecule has 0 aromatic heterocycles. The molecule has 21 heavy (non-hydrogen) atoms. The average molecular weight is 289 g/mol. The highest BCUT2D eigenvalue weighted by Crippen LogP contribution is 2.21. The van der Waals surface area contributed by atoms with Crippen molar-refractivity contribution in [1.82, 2.24) is 4.90 Å². The van der Waals surface area contributed by atoms with Crippen molar-refractivity contribution in [2.75, 3.05) is 25.0 Å². The van der Waals surface area contributed by atoms with Crippen LogP contribution in [0.25, 0.3) is 0 Å². The van der Waals surface area contributed by atoms with Gasteiger partial charge >= 0.3 is 0 Å². The van der Waals surface area contributed by atoms with E-state index in [1.54, 1.807) is 18.2 Å². The molecule has 1 aliphatic rings. The number of nitrogens with zero attached hydrogens (tertiary/aromatic N) is 1. The van der Waals surface area contributed by atoms with E-state index in [1.165, 1.54) is 6.42 Å². The predicted molar refractivity (Wildman–Crippen MR) is 83.0 cm³/mol. The first-order valence-electron chi connectivity index (χ1n) is 7.38. The number of anilines is 1. The smallest absolute Gasteiger partial charge is 0.250 e. The molecule has 1 aromatic rings. The summed E-state index contributed by atoms with van der Waals surface area (Å²) in [4.78, 5) is 25.5. The number of hydrogen-bond acceptors (Lipinski definition) is 3. The highest BCUT2D eigenvalue weighted by molar-refractivity contribution is 5.99. The van der Waals surface area contributed by atoms with Crippen molar-refractivity contribution in [2.45, 2.75) is 20.3 Å². The van der Waals surface area contributed by atoms with Gasteiger partial charge in [-0.15, -0.1) is 0 Å². The lowest BCUT2D eigenvalue weighted by molar-refractivity contribution is -0.131. The van der Waals surface area contributed by atoms with Crippen LogP contribution in [0.3, 0.4) is 0 Å². The second-order valence-electron chi connectivity index (χ2n) is 6.01. The topological polar surface area (TPSA) is 75.4 Å². The number of carbonyl (C=O) groups is 2. The number of amides is 2. The van der Waals surface area contributed by atoms with E-state index in [1.807, 2.05) is 11.0 Å². The van der Waals surface area contributed by atoms with Gasteiger partial charge in [-0.25, -0.2) is 0 Å². The third-order valence-electron chi connectivity index (χ3n) is 3.84. The number of piperidine rings is 1. The Labute approximate surface area is 125 Å². The molecule has 1 saturated heterocycles. The third-order valence-corrected chi connectivity index (χ3v) is 3.84. The molecule has 2 unspecified atom stereocenters. The van der Waals surface area contributed by atoms with Crippen LogP contribution in [-0.2, 0) is 4.79 Å². The molecule has 0 spiro atoms. The molecule has 0 radical (unpaired) electrons. The Morgan fingerprint density at radius 3 is 2.48 bits per heavy atom. The fraction of sp³-hybridized carbons (Fsp3) is 0.500. The van der Waals surface area contributed by atoms with E-state index < -0.39 is 5.91 Å². The molecule has 0 bridgehead atoms. The van der Waals surface area contributed by atoms with Gasteiger partial charge in [0, 0.05) is 18.8 Å². The summed E-state index contributed by atoms with van der Waals surface area (Å²) in [6, 6.07) is 6.97. The van der Waals surface area contributed by atoms with Crippen LogP contribution in [0, 0.1) is 11.8 Å². The zero-order valence-corrected chi connectivity index (χ0v) is 12.6. The second kappa shape index (κ2) is 6.61. The fourth-order valence-electron chi connectivity index (χ4n) is 3.00. The molecule has 0 saturated carbocycles. The van der Waals surface area contributed by atoms with Gasteiger partial charge < -0.3 is 16.0 Å². The molecule has 114 valence electrons. The van der Waals surface area contributed by atoms with Gasteiger partial charge in [-0.1, -0.05) is 26.0 Å². The zero-order chi connectivity index (χ0) is 15.4. The number of likely N-dealkylation sites (tertiary alicyclic amines) is 1. The zero-order valence-electron chi connectivity index (χ0n) is 12.6. The maximum Gasteiger partial charge on any atom is 0.250 e. The lowest BCUT2D eigenvalue weighted by atomic mass is 9.92. The SMILES string of the molecule is CC1CC(C)CN(C(=O)CNc2ccccc2C(N)=O)C1. The molecule has 1 heterocycles. The molecule has 2 atom stereocenters. The Morgan fingerprint density at radius 2 is 1.86 bits per heavy atom. The maximum absolute atomic E-state index is 12.3. The summed E-state index contributed by atoms with van der Waals surface area (Å²) in [6.07, 6.45) is 1.17. The lowest BCUT2D eigenvalue weighted by Gasteiger charge is -2.35. The molecule has 5 heteroatoms. The molecular formula is C16H23N3O2. The molecule has 5 nitrogen and oxygen atoms in total. The standard InChI is InChI=1S/C16H23N3O2/c1-11-7-12(2)10-19(9-11)15(20)8-18-14-6-4-3-5-13(14)16(17)21/h3-6,11-12,18H,7-10H2,1-2H3,(H2,17,21). The Morgan fingerprint density at radius 1 is 1.24 bits per heavy atom. The molecular weight excluding hydrogens is 266 g/mol. The highest BCUT2D eigenvalue weighted by Gasteiger charge is 2.25. The lowest BCUT2D eigenvalue weighted by Crippen LogP contribution is -2.44. The van der Waals surface area contributed by atoms with Gasteiger partial charge in [-0.3, -0.25) is 9.59 Å². The van der Waals surface area contributed by atoms with Crippen molar-refractivity contribution >= 4 is 17.5 Å². The van der Waals surface area contributed by atoms with Crippen molar-refractivity contribution in [3.63, 3.8) is 0 Å². The largest absolute Gasteiger partial charge is 0.376 e. The van der Waals surface area contributed by atoms with Gasteiger partial charge in [0.25, 0.3) is 5.91 Å². The van der Waals surface area contributed by atoms with Crippen LogP contribution >= 0.6 is 0 Å². The number of nitrogens with two attached hydrogens (primary N) is 1. The maximum atomic E-state index is 12.3. The van der Waals surface area contributed by atoms with E-state index in [4.69, 9.17) is 5.73 Å². The van der Waals surface area contributed by atoms with Crippen LogP contribution in [0.4, 0.5) is 5.69 Å². The number of rotatable bonds is 4. The minimum atomic E-state index is -0.495. The van der Waals surface area contributed by atoms with Crippen molar-refractivity contribution in [1.29, 1.82) is 0 Å². The van der Waals surface area contributed by atoms with Crippen LogP contribution in [0.5, 0.6) is 0 Å². The Balaban J connectivity index is 1.97. The molecule has 1 fully saturated rings. The number of carbonyl (C=O) groups excluding carboxylic acids is 2. The number of para-hydroxylation sites is 1. The van der Waals surface area contributed by atoms with Crippen LogP contribution in [0.15, 0.2) is 24.3 Å². The van der Waals surface area contributed by atoms with Crippen LogP contribution in [0.2, 0.25) is 0 Å². The summed E-state index contributed by atoms with van der Waals surface area (Å²) < 4.78 is 0. The van der Waals surface area contributed by atoms with Crippen molar-refractivity contribution in [3.8, 4) is 0 Å². The van der Waals surface area contributed by atoms with Gasteiger partial charge in [0.2, 0.25) is 5.91 Å². The Hall–Kier alpha value is -2.04. The average Bonchev–Trinajstić information content (AvgIpc) is 2.43. The number of nitrogens with one attached hydrogen (secondary N) is 1. The third kappa shape index (κ3) is 3.97. The van der Waals surface area contributed by atoms with Crippen LogP contribution < -0.4 is 11.1 Å². The molecule has 0 aliphatic carbocycles. The minimum absolute atomic E-state index is 0.0627. The van der Waals surface area contributed by atoms with Gasteiger partial charge in [0.1, 0.15) is 0 Å². The molecule has 3 N–H and O–H groups in total. The van der Waals surface area contributed by atoms with Crippen LogP contribution in [0.1, 0.15) is 30.6 Å². The first-order chi connectivity index (χ1) is 9.97. The summed E-state index contributed by atoms with van der Waals surface area (Å²) in [5.74, 6) is 0.643. The van der Waals surface area contributed by atoms with Crippen molar-refractivity contribution in [3.05, 3.63) is 29.8 Å². The van der Waals surface area contributed by atoms with Crippen molar-refractivity contribution < 1.29 is 9.59 Å². The van der Waals surface area contributed by atoms with Gasteiger partial charge in [-0.05, 0) is 30.4 Å². The molecule has 1 aromatic carbocycles. The fourth-order valence-corrected chi connectivity index (χ4v) is 3.00. The monoisotopic (exact) mass is 289 g/mol. The summed E-state index contributed by atoms with van der Waals surface area (Å²) in [5, 5.41) is 3.03. The van der Waals surface area contributed by atoms with E-state index in [2.05, 4.69) is 19.2 Å². The first-order valence-corrected chi connectivity index (χ1v) is 7.38. The summed E-state index contributed by atoms with van der Waals surface area (Å²) in [7, 11) is 0. The van der Waals surface area contributed by atoms with E-state index >= 15 is 0 Å². The minimum Gasteiger partial charge on any atom is -0.376 e. The number of hydrogen-bond donors (Lipinski definition) is 2. The van der Waals surface area contributed by atoms with Gasteiger partial charge in [0.15, 0.2) is 0 Å². The molecule has 2 rings (SSSR count). The van der Waals surface area contributed by atoms with E-state index in [0.717, 1.165) is 13.1 Å². The quantitative estimate of drug-likeness (QED) is 0.886. The Kier molecular flexibility index (Phi) is 4.83. The normalized spacial score (nSPS) is 21.9. The second-order valence-corrected chi connectivity index (χ2v) is 6.01. The predicted octanol–water partition coefficient (Wildman–Crippen LogP) is 1.70. The molecule has 2 amide bonds. The van der Waals surface area contributed by atoms with E-state index in [-0.39, 0.29) is 12.5 Å². The van der Waals surface area contributed by atoms with Crippen molar-refractivity contribution in [2.24, 2.45) is 17.6 Å². The Bertz CT molecular complexity index is 520. The highest BCUT2D eigenvalue weighted by atomic mass is 16.2. The number of primary amides is 1. The van der Waals surface area contributed by atoms with Gasteiger partial charge in [0.05, 0.1) is 12.1 Å². The summed E-state index contributed by atoms with van der Waals surface area (Å²) >= 11 is 0. The first kappa shape index (κ1) is 15.4. The number of benzene rings is 1.